The van der Waals surface area contributed by atoms with E-state index in [0.717, 1.165) is 32.1 Å². The zero-order chi connectivity index (χ0) is 15.1. The molecule has 0 spiro atoms. The van der Waals surface area contributed by atoms with Crippen molar-refractivity contribution in [3.8, 4) is 11.8 Å². The summed E-state index contributed by atoms with van der Waals surface area (Å²) in [6.07, 6.45) is 1.79. The summed E-state index contributed by atoms with van der Waals surface area (Å²) in [5.74, 6) is 0. The van der Waals surface area contributed by atoms with Crippen molar-refractivity contribution in [1.29, 1.82) is 5.26 Å². The van der Waals surface area contributed by atoms with Gasteiger partial charge in [0, 0.05) is 21.4 Å². The number of rotatable bonds is 1. The van der Waals surface area contributed by atoms with Crippen LogP contribution < -0.4 is 0 Å². The van der Waals surface area contributed by atoms with Crippen molar-refractivity contribution in [2.75, 3.05) is 0 Å². The van der Waals surface area contributed by atoms with E-state index in [0.29, 0.717) is 5.56 Å². The molecule has 3 nitrogen and oxygen atoms in total. The average molecular weight is 348 g/mol. The van der Waals surface area contributed by atoms with Crippen molar-refractivity contribution >= 4 is 37.9 Å². The minimum absolute atomic E-state index is 0.617. The van der Waals surface area contributed by atoms with Crippen molar-refractivity contribution in [1.82, 2.24) is 9.55 Å². The molecule has 104 valence electrons. The van der Waals surface area contributed by atoms with Gasteiger partial charge in [0.05, 0.1) is 22.8 Å². The molecular weight excluding hydrogens is 338 g/mol. The fourth-order valence-corrected chi connectivity index (χ4v) is 3.31. The molecule has 0 N–H and O–H groups in total. The number of fused-ring (bicyclic) bond motifs is 3. The molecule has 0 fully saturated rings. The number of halogens is 1. The first-order valence-corrected chi connectivity index (χ1v) is 7.62. The molecule has 2 heterocycles. The Kier molecular flexibility index (Phi) is 2.95. The molecule has 4 aromatic rings. The van der Waals surface area contributed by atoms with E-state index < -0.39 is 0 Å². The number of nitrogens with zero attached hydrogens (tertiary/aromatic N) is 3. The maximum Gasteiger partial charge on any atom is 0.145 e. The lowest BCUT2D eigenvalue weighted by atomic mass is 10.2. The second-order valence-corrected chi connectivity index (χ2v) is 5.95. The van der Waals surface area contributed by atoms with Crippen LogP contribution >= 0.6 is 15.9 Å². The summed E-state index contributed by atoms with van der Waals surface area (Å²) in [6.45, 7) is 0. The van der Waals surface area contributed by atoms with Gasteiger partial charge in [0.2, 0.25) is 0 Å². The third-order valence-electron chi connectivity index (χ3n) is 3.70. The zero-order valence-corrected chi connectivity index (χ0v) is 13.1. The van der Waals surface area contributed by atoms with Gasteiger partial charge in [-0.15, -0.1) is 0 Å². The van der Waals surface area contributed by atoms with E-state index in [1.165, 1.54) is 0 Å². The molecule has 0 aliphatic carbocycles. The highest BCUT2D eigenvalue weighted by Crippen LogP contribution is 2.31. The van der Waals surface area contributed by atoms with Crippen LogP contribution in [0, 0.1) is 11.3 Å². The standard InChI is InChI=1S/C18H10BrN3/c19-13-8-12(11-20)9-14(10-13)22-17-6-2-1-4-15(17)16-5-3-7-21-18(16)22/h1-10H. The van der Waals surface area contributed by atoms with Crippen LogP contribution in [0.4, 0.5) is 0 Å². The van der Waals surface area contributed by atoms with Crippen LogP contribution in [0.15, 0.2) is 65.3 Å². The molecule has 22 heavy (non-hydrogen) atoms. The van der Waals surface area contributed by atoms with Crippen LogP contribution in [-0.4, -0.2) is 9.55 Å². The first kappa shape index (κ1) is 13.1. The smallest absolute Gasteiger partial charge is 0.145 e. The highest BCUT2D eigenvalue weighted by molar-refractivity contribution is 9.10. The molecule has 0 radical (unpaired) electrons. The predicted molar refractivity (Wildman–Crippen MR) is 91.0 cm³/mol. The quantitative estimate of drug-likeness (QED) is 0.495. The number of hydrogen-bond donors (Lipinski definition) is 0. The molecule has 0 atom stereocenters. The van der Waals surface area contributed by atoms with Gasteiger partial charge in [-0.1, -0.05) is 34.1 Å². The zero-order valence-electron chi connectivity index (χ0n) is 11.5. The van der Waals surface area contributed by atoms with E-state index in [1.54, 1.807) is 6.20 Å². The van der Waals surface area contributed by atoms with E-state index in [2.05, 4.69) is 49.7 Å². The van der Waals surface area contributed by atoms with Crippen LogP contribution in [0.25, 0.3) is 27.6 Å². The highest BCUT2D eigenvalue weighted by atomic mass is 79.9. The normalized spacial score (nSPS) is 10.9. The summed E-state index contributed by atoms with van der Waals surface area (Å²) in [4.78, 5) is 4.54. The average Bonchev–Trinajstić information content (AvgIpc) is 2.89. The number of para-hydroxylation sites is 1. The fourth-order valence-electron chi connectivity index (χ4n) is 2.83. The third-order valence-corrected chi connectivity index (χ3v) is 4.16. The van der Waals surface area contributed by atoms with Crippen molar-refractivity contribution in [2.24, 2.45) is 0 Å². The molecule has 2 aromatic heterocycles. The first-order valence-electron chi connectivity index (χ1n) is 6.83. The topological polar surface area (TPSA) is 41.6 Å². The Labute approximate surface area is 135 Å². The van der Waals surface area contributed by atoms with E-state index in [9.17, 15) is 5.26 Å². The van der Waals surface area contributed by atoms with Gasteiger partial charge < -0.3 is 0 Å². The molecule has 0 aliphatic rings. The van der Waals surface area contributed by atoms with Crippen LogP contribution in [0.3, 0.4) is 0 Å². The van der Waals surface area contributed by atoms with E-state index in [1.807, 2.05) is 36.4 Å². The molecule has 2 aromatic carbocycles. The van der Waals surface area contributed by atoms with Crippen LogP contribution in [-0.2, 0) is 0 Å². The van der Waals surface area contributed by atoms with Crippen molar-refractivity contribution in [2.45, 2.75) is 0 Å². The Bertz CT molecular complexity index is 1000. The van der Waals surface area contributed by atoms with Gasteiger partial charge in [-0.2, -0.15) is 5.26 Å². The van der Waals surface area contributed by atoms with Gasteiger partial charge in [-0.3, -0.25) is 4.57 Å². The molecule has 0 aliphatic heterocycles. The van der Waals surface area contributed by atoms with Gasteiger partial charge in [0.25, 0.3) is 0 Å². The summed E-state index contributed by atoms with van der Waals surface area (Å²) in [7, 11) is 0. The van der Waals surface area contributed by atoms with Crippen molar-refractivity contribution < 1.29 is 0 Å². The molecule has 4 rings (SSSR count). The third kappa shape index (κ3) is 1.91. The monoisotopic (exact) mass is 347 g/mol. The Morgan fingerprint density at radius 1 is 1.00 bits per heavy atom. The number of hydrogen-bond acceptors (Lipinski definition) is 2. The lowest BCUT2D eigenvalue weighted by Crippen LogP contribution is -1.96. The van der Waals surface area contributed by atoms with Crippen molar-refractivity contribution in [3.05, 3.63) is 70.8 Å². The van der Waals surface area contributed by atoms with Crippen LogP contribution in [0.1, 0.15) is 5.56 Å². The Morgan fingerprint density at radius 2 is 1.82 bits per heavy atom. The maximum atomic E-state index is 9.21. The fraction of sp³-hybridized carbons (Fsp3) is 0. The lowest BCUT2D eigenvalue weighted by Gasteiger charge is -2.08. The lowest BCUT2D eigenvalue weighted by molar-refractivity contribution is 1.13. The molecule has 0 saturated carbocycles. The molecule has 0 unspecified atom stereocenters. The van der Waals surface area contributed by atoms with Crippen LogP contribution in [0.5, 0.6) is 0 Å². The summed E-state index contributed by atoms with van der Waals surface area (Å²) >= 11 is 3.48. The summed E-state index contributed by atoms with van der Waals surface area (Å²) in [6, 6.07) is 20.1. The van der Waals surface area contributed by atoms with Gasteiger partial charge in [0.1, 0.15) is 5.65 Å². The SMILES string of the molecule is N#Cc1cc(Br)cc(-n2c3ccccc3c3cccnc32)c1. The molecule has 0 bridgehead atoms. The number of benzene rings is 2. The summed E-state index contributed by atoms with van der Waals surface area (Å²) in [5.41, 5.74) is 3.52. The molecule has 0 amide bonds. The van der Waals surface area contributed by atoms with E-state index in [4.69, 9.17) is 0 Å². The van der Waals surface area contributed by atoms with E-state index >= 15 is 0 Å². The van der Waals surface area contributed by atoms with Crippen LogP contribution in [0.2, 0.25) is 0 Å². The Balaban J connectivity index is 2.18. The van der Waals surface area contributed by atoms with E-state index in [-0.39, 0.29) is 0 Å². The minimum Gasteiger partial charge on any atom is -0.294 e. The van der Waals surface area contributed by atoms with Gasteiger partial charge in [-0.05, 0) is 36.4 Å². The molecule has 0 saturated heterocycles. The van der Waals surface area contributed by atoms with Crippen molar-refractivity contribution in [3.63, 3.8) is 0 Å². The minimum atomic E-state index is 0.617. The first-order chi connectivity index (χ1) is 10.8. The van der Waals surface area contributed by atoms with Gasteiger partial charge >= 0.3 is 0 Å². The van der Waals surface area contributed by atoms with Gasteiger partial charge in [-0.25, -0.2) is 4.98 Å². The number of nitriles is 1. The number of aromatic nitrogens is 2. The Morgan fingerprint density at radius 3 is 2.68 bits per heavy atom. The predicted octanol–water partition coefficient (Wildman–Crippen LogP) is 4.81. The second kappa shape index (κ2) is 4.97. The molecular formula is C18H10BrN3. The second-order valence-electron chi connectivity index (χ2n) is 5.04. The highest BCUT2D eigenvalue weighted by Gasteiger charge is 2.13. The largest absolute Gasteiger partial charge is 0.294 e. The summed E-state index contributed by atoms with van der Waals surface area (Å²) in [5, 5.41) is 11.5. The maximum absolute atomic E-state index is 9.21. The number of pyridine rings is 1. The summed E-state index contributed by atoms with van der Waals surface area (Å²) < 4.78 is 2.97. The molecule has 4 heteroatoms. The Hall–Kier alpha value is -2.64. The van der Waals surface area contributed by atoms with Gasteiger partial charge in [0.15, 0.2) is 0 Å².